The molecule has 0 saturated carbocycles. The van der Waals surface area contributed by atoms with Gasteiger partial charge in [0.05, 0.1) is 11.8 Å². The zero-order valence-electron chi connectivity index (χ0n) is 16.5. The number of hydrogen-bond acceptors (Lipinski definition) is 5. The maximum Gasteiger partial charge on any atom is 0.255 e. The molecule has 4 rings (SSSR count). The van der Waals surface area contributed by atoms with Crippen LogP contribution in [0.15, 0.2) is 42.9 Å². The Morgan fingerprint density at radius 1 is 1.11 bits per heavy atom. The number of likely N-dealkylation sites (tertiary alicyclic amines) is 1. The van der Waals surface area contributed by atoms with Crippen molar-refractivity contribution in [3.05, 3.63) is 48.4 Å². The topological polar surface area (TPSA) is 58.6 Å². The molecule has 0 unspecified atom stereocenters. The zero-order valence-corrected chi connectivity index (χ0v) is 16.5. The molecule has 6 heteroatoms. The van der Waals surface area contributed by atoms with Gasteiger partial charge in [-0.05, 0) is 43.0 Å². The lowest BCUT2D eigenvalue weighted by Crippen LogP contribution is -2.41. The molecule has 148 valence electrons. The standard InChI is InChI=1S/C22H28N4O2/c1-17-4-3-11-26(16-17)21-7-6-18(14-24-21)22(27)25-12-8-19(9-13-25)28-20-5-2-10-23-15-20/h2,5-7,10,14-15,17,19H,3-4,8-9,11-13,16H2,1H3/t17-/m1/s1. The van der Waals surface area contributed by atoms with Crippen molar-refractivity contribution in [3.63, 3.8) is 0 Å². The van der Waals surface area contributed by atoms with E-state index >= 15 is 0 Å². The molecule has 2 fully saturated rings. The molecule has 0 N–H and O–H groups in total. The molecule has 6 nitrogen and oxygen atoms in total. The summed E-state index contributed by atoms with van der Waals surface area (Å²) in [6, 6.07) is 7.70. The van der Waals surface area contributed by atoms with E-state index in [2.05, 4.69) is 21.8 Å². The van der Waals surface area contributed by atoms with Crippen molar-refractivity contribution in [1.82, 2.24) is 14.9 Å². The third-order valence-corrected chi connectivity index (χ3v) is 5.64. The number of pyridine rings is 2. The molecule has 0 radical (unpaired) electrons. The molecule has 0 aromatic carbocycles. The fourth-order valence-electron chi connectivity index (χ4n) is 4.07. The fourth-order valence-corrected chi connectivity index (χ4v) is 4.07. The predicted molar refractivity (Wildman–Crippen MR) is 109 cm³/mol. The van der Waals surface area contributed by atoms with E-state index in [1.54, 1.807) is 18.6 Å². The number of ether oxygens (including phenoxy) is 1. The van der Waals surface area contributed by atoms with E-state index < -0.39 is 0 Å². The van der Waals surface area contributed by atoms with Gasteiger partial charge in [-0.25, -0.2) is 4.98 Å². The third-order valence-electron chi connectivity index (χ3n) is 5.64. The van der Waals surface area contributed by atoms with E-state index in [0.29, 0.717) is 24.6 Å². The van der Waals surface area contributed by atoms with Crippen molar-refractivity contribution in [1.29, 1.82) is 0 Å². The van der Waals surface area contributed by atoms with Gasteiger partial charge in [0, 0.05) is 51.4 Å². The molecule has 2 aliphatic heterocycles. The lowest BCUT2D eigenvalue weighted by atomic mass is 10.0. The molecule has 2 aromatic heterocycles. The van der Waals surface area contributed by atoms with Gasteiger partial charge in [-0.1, -0.05) is 6.92 Å². The zero-order chi connectivity index (χ0) is 19.3. The first kappa shape index (κ1) is 18.7. The molecule has 28 heavy (non-hydrogen) atoms. The van der Waals surface area contributed by atoms with Crippen molar-refractivity contribution in [2.24, 2.45) is 5.92 Å². The van der Waals surface area contributed by atoms with Crippen LogP contribution in [-0.2, 0) is 0 Å². The van der Waals surface area contributed by atoms with Gasteiger partial charge in [0.25, 0.3) is 5.91 Å². The average molecular weight is 380 g/mol. The van der Waals surface area contributed by atoms with Crippen molar-refractivity contribution in [2.75, 3.05) is 31.1 Å². The van der Waals surface area contributed by atoms with Crippen LogP contribution in [0, 0.1) is 5.92 Å². The van der Waals surface area contributed by atoms with Gasteiger partial charge in [0.2, 0.25) is 0 Å². The number of carbonyl (C=O) groups excluding carboxylic acids is 1. The highest BCUT2D eigenvalue weighted by Gasteiger charge is 2.25. The molecule has 4 heterocycles. The molecule has 2 saturated heterocycles. The van der Waals surface area contributed by atoms with E-state index in [0.717, 1.165) is 37.5 Å². The maximum absolute atomic E-state index is 12.8. The van der Waals surface area contributed by atoms with Crippen LogP contribution < -0.4 is 9.64 Å². The van der Waals surface area contributed by atoms with Gasteiger partial charge < -0.3 is 14.5 Å². The quantitative estimate of drug-likeness (QED) is 0.814. The Morgan fingerprint density at radius 2 is 1.96 bits per heavy atom. The van der Waals surface area contributed by atoms with Crippen LogP contribution in [0.5, 0.6) is 5.75 Å². The van der Waals surface area contributed by atoms with Crippen LogP contribution in [0.25, 0.3) is 0 Å². The Hall–Kier alpha value is -2.63. The number of hydrogen-bond donors (Lipinski definition) is 0. The minimum atomic E-state index is 0.0610. The van der Waals surface area contributed by atoms with Crippen molar-refractivity contribution >= 4 is 11.7 Å². The molecule has 1 amide bonds. The van der Waals surface area contributed by atoms with Crippen LogP contribution in [0.2, 0.25) is 0 Å². The number of carbonyl (C=O) groups is 1. The summed E-state index contributed by atoms with van der Waals surface area (Å²) in [5.41, 5.74) is 0.667. The summed E-state index contributed by atoms with van der Waals surface area (Å²) in [7, 11) is 0. The van der Waals surface area contributed by atoms with Crippen LogP contribution >= 0.6 is 0 Å². The first-order valence-electron chi connectivity index (χ1n) is 10.3. The SMILES string of the molecule is C[C@@H]1CCCN(c2ccc(C(=O)N3CCC(Oc4cccnc4)CC3)cn2)C1. The Bertz CT molecular complexity index is 773. The van der Waals surface area contributed by atoms with Crippen LogP contribution in [0.4, 0.5) is 5.82 Å². The summed E-state index contributed by atoms with van der Waals surface area (Å²) in [5.74, 6) is 2.53. The number of amides is 1. The predicted octanol–water partition coefficient (Wildman–Crippen LogP) is 3.40. The summed E-state index contributed by atoms with van der Waals surface area (Å²) in [4.78, 5) is 25.7. The van der Waals surface area contributed by atoms with Gasteiger partial charge in [0.1, 0.15) is 17.7 Å². The van der Waals surface area contributed by atoms with Crippen molar-refractivity contribution < 1.29 is 9.53 Å². The summed E-state index contributed by atoms with van der Waals surface area (Å²) >= 11 is 0. The highest BCUT2D eigenvalue weighted by atomic mass is 16.5. The maximum atomic E-state index is 12.8. The Kier molecular flexibility index (Phi) is 5.74. The lowest BCUT2D eigenvalue weighted by molar-refractivity contribution is 0.0594. The Labute approximate surface area is 166 Å². The molecule has 0 aliphatic carbocycles. The summed E-state index contributed by atoms with van der Waals surface area (Å²) in [6.07, 6.45) is 9.49. The summed E-state index contributed by atoms with van der Waals surface area (Å²) < 4.78 is 5.96. The average Bonchev–Trinajstić information content (AvgIpc) is 2.75. The molecule has 0 bridgehead atoms. The number of aromatic nitrogens is 2. The highest BCUT2D eigenvalue weighted by molar-refractivity contribution is 5.94. The fraction of sp³-hybridized carbons (Fsp3) is 0.500. The van der Waals surface area contributed by atoms with Crippen LogP contribution in [-0.4, -0.2) is 53.1 Å². The monoisotopic (exact) mass is 380 g/mol. The minimum Gasteiger partial charge on any atom is -0.489 e. The first-order valence-corrected chi connectivity index (χ1v) is 10.3. The van der Waals surface area contributed by atoms with E-state index in [9.17, 15) is 4.79 Å². The van der Waals surface area contributed by atoms with Gasteiger partial charge in [-0.3, -0.25) is 9.78 Å². The largest absolute Gasteiger partial charge is 0.489 e. The van der Waals surface area contributed by atoms with Crippen molar-refractivity contribution in [2.45, 2.75) is 38.7 Å². The lowest BCUT2D eigenvalue weighted by Gasteiger charge is -2.33. The van der Waals surface area contributed by atoms with Gasteiger partial charge in [0.15, 0.2) is 0 Å². The normalized spacial score (nSPS) is 20.8. The number of rotatable bonds is 4. The Morgan fingerprint density at radius 3 is 2.64 bits per heavy atom. The highest BCUT2D eigenvalue weighted by Crippen LogP contribution is 2.23. The van der Waals surface area contributed by atoms with Gasteiger partial charge in [-0.15, -0.1) is 0 Å². The second-order valence-corrected chi connectivity index (χ2v) is 7.90. The van der Waals surface area contributed by atoms with Gasteiger partial charge in [-0.2, -0.15) is 0 Å². The van der Waals surface area contributed by atoms with Crippen LogP contribution in [0.1, 0.15) is 43.0 Å². The molecule has 0 spiro atoms. The van der Waals surface area contributed by atoms with E-state index in [-0.39, 0.29) is 12.0 Å². The number of anilines is 1. The summed E-state index contributed by atoms with van der Waals surface area (Å²) in [5, 5.41) is 0. The number of nitrogens with zero attached hydrogens (tertiary/aromatic N) is 4. The van der Waals surface area contributed by atoms with Crippen molar-refractivity contribution in [3.8, 4) is 5.75 Å². The Balaban J connectivity index is 1.31. The summed E-state index contributed by atoms with van der Waals surface area (Å²) in [6.45, 7) is 5.79. The van der Waals surface area contributed by atoms with Gasteiger partial charge >= 0.3 is 0 Å². The second kappa shape index (κ2) is 8.59. The second-order valence-electron chi connectivity index (χ2n) is 7.90. The van der Waals surface area contributed by atoms with Crippen LogP contribution in [0.3, 0.4) is 0 Å². The van der Waals surface area contributed by atoms with E-state index in [1.165, 1.54) is 12.8 Å². The molecular weight excluding hydrogens is 352 g/mol. The molecule has 1 atom stereocenters. The third kappa shape index (κ3) is 4.43. The molecular formula is C22H28N4O2. The smallest absolute Gasteiger partial charge is 0.255 e. The first-order chi connectivity index (χ1) is 13.7. The molecule has 2 aliphatic rings. The molecule has 2 aromatic rings. The minimum absolute atomic E-state index is 0.0610. The van der Waals surface area contributed by atoms with E-state index in [1.807, 2.05) is 29.2 Å². The van der Waals surface area contributed by atoms with E-state index in [4.69, 9.17) is 4.74 Å². The number of piperidine rings is 2.